The zero-order chi connectivity index (χ0) is 19.9. The van der Waals surface area contributed by atoms with Crippen molar-refractivity contribution in [3.63, 3.8) is 0 Å². The number of likely N-dealkylation sites (N-methyl/N-ethyl adjacent to an activating group) is 1. The molecule has 0 spiro atoms. The minimum absolute atomic E-state index is 0.108. The molecule has 0 N–H and O–H groups in total. The first kappa shape index (κ1) is 19.8. The number of hydrogen-bond donors (Lipinski definition) is 0. The fourth-order valence-corrected chi connectivity index (χ4v) is 3.06. The largest absolute Gasteiger partial charge is 0.340 e. The second-order valence-electron chi connectivity index (χ2n) is 7.36. The Morgan fingerprint density at radius 2 is 1.61 bits per heavy atom. The van der Waals surface area contributed by atoms with Crippen molar-refractivity contribution in [3.8, 4) is 5.69 Å². The van der Waals surface area contributed by atoms with Gasteiger partial charge in [0.05, 0.1) is 18.4 Å². The molecule has 2 aromatic carbocycles. The number of hydrogen-bond acceptors (Lipinski definition) is 3. The van der Waals surface area contributed by atoms with E-state index in [9.17, 15) is 4.79 Å². The van der Waals surface area contributed by atoms with Crippen LogP contribution in [0.4, 0.5) is 0 Å². The lowest BCUT2D eigenvalue weighted by molar-refractivity contribution is -0.132. The van der Waals surface area contributed by atoms with Gasteiger partial charge in [0.2, 0.25) is 5.91 Å². The van der Waals surface area contributed by atoms with Crippen LogP contribution in [0.1, 0.15) is 25.0 Å². The van der Waals surface area contributed by atoms with Crippen LogP contribution < -0.4 is 0 Å². The van der Waals surface area contributed by atoms with E-state index in [2.05, 4.69) is 36.0 Å². The first-order valence-electron chi connectivity index (χ1n) is 9.64. The Kier molecular flexibility index (Phi) is 6.61. The first-order valence-corrected chi connectivity index (χ1v) is 9.64. The highest BCUT2D eigenvalue weighted by atomic mass is 16.2. The summed E-state index contributed by atoms with van der Waals surface area (Å²) < 4.78 is 1.84. The van der Waals surface area contributed by atoms with Crippen LogP contribution >= 0.6 is 0 Å². The Bertz CT molecular complexity index is 874. The SMILES string of the molecule is CC(C)N(CC(=O)N(C)Cc1cnn(-c2ccccc2)c1)Cc1ccccc1. The Morgan fingerprint density at radius 1 is 0.964 bits per heavy atom. The van der Waals surface area contributed by atoms with E-state index in [-0.39, 0.29) is 5.91 Å². The summed E-state index contributed by atoms with van der Waals surface area (Å²) in [6.07, 6.45) is 3.80. The van der Waals surface area contributed by atoms with E-state index >= 15 is 0 Å². The Morgan fingerprint density at radius 3 is 2.25 bits per heavy atom. The lowest BCUT2D eigenvalue weighted by Crippen LogP contribution is -2.40. The third-order valence-corrected chi connectivity index (χ3v) is 4.80. The molecule has 1 amide bonds. The van der Waals surface area contributed by atoms with Crippen LogP contribution in [0.3, 0.4) is 0 Å². The van der Waals surface area contributed by atoms with E-state index < -0.39 is 0 Å². The van der Waals surface area contributed by atoms with Gasteiger partial charge in [0.25, 0.3) is 0 Å². The second kappa shape index (κ2) is 9.33. The number of carbonyl (C=O) groups is 1. The summed E-state index contributed by atoms with van der Waals surface area (Å²) >= 11 is 0. The van der Waals surface area contributed by atoms with Gasteiger partial charge in [-0.3, -0.25) is 9.69 Å². The predicted molar refractivity (Wildman–Crippen MR) is 112 cm³/mol. The minimum atomic E-state index is 0.108. The molecular formula is C23H28N4O. The summed E-state index contributed by atoms with van der Waals surface area (Å²) in [5, 5.41) is 4.41. The van der Waals surface area contributed by atoms with Crippen LogP contribution in [0.5, 0.6) is 0 Å². The molecule has 0 radical (unpaired) electrons. The van der Waals surface area contributed by atoms with E-state index in [1.54, 1.807) is 4.90 Å². The van der Waals surface area contributed by atoms with Crippen LogP contribution in [-0.4, -0.2) is 45.1 Å². The molecule has 28 heavy (non-hydrogen) atoms. The average molecular weight is 377 g/mol. The summed E-state index contributed by atoms with van der Waals surface area (Å²) in [7, 11) is 1.85. The molecule has 1 aromatic heterocycles. The van der Waals surface area contributed by atoms with Gasteiger partial charge in [-0.05, 0) is 31.5 Å². The van der Waals surface area contributed by atoms with Crippen LogP contribution in [0.25, 0.3) is 5.69 Å². The topological polar surface area (TPSA) is 41.4 Å². The van der Waals surface area contributed by atoms with Crippen molar-refractivity contribution in [2.24, 2.45) is 0 Å². The molecule has 0 atom stereocenters. The molecule has 3 rings (SSSR count). The van der Waals surface area contributed by atoms with Gasteiger partial charge < -0.3 is 4.90 Å². The molecule has 0 bridgehead atoms. The number of aromatic nitrogens is 2. The summed E-state index contributed by atoms with van der Waals surface area (Å²) in [6.45, 7) is 5.96. The first-order chi connectivity index (χ1) is 13.5. The van der Waals surface area contributed by atoms with Gasteiger partial charge >= 0.3 is 0 Å². The average Bonchev–Trinajstić information content (AvgIpc) is 3.17. The summed E-state index contributed by atoms with van der Waals surface area (Å²) in [5.74, 6) is 0.108. The van der Waals surface area contributed by atoms with Crippen molar-refractivity contribution >= 4 is 5.91 Å². The molecular weight excluding hydrogens is 348 g/mol. The smallest absolute Gasteiger partial charge is 0.236 e. The molecule has 0 saturated heterocycles. The maximum absolute atomic E-state index is 12.8. The van der Waals surface area contributed by atoms with Crippen LogP contribution in [0.15, 0.2) is 73.1 Å². The number of amides is 1. The minimum Gasteiger partial charge on any atom is -0.340 e. The molecule has 5 nitrogen and oxygen atoms in total. The molecule has 0 saturated carbocycles. The molecule has 0 unspecified atom stereocenters. The van der Waals surface area contributed by atoms with Crippen LogP contribution in [0.2, 0.25) is 0 Å². The molecule has 5 heteroatoms. The fraction of sp³-hybridized carbons (Fsp3) is 0.304. The third kappa shape index (κ3) is 5.30. The van der Waals surface area contributed by atoms with Gasteiger partial charge in [0, 0.05) is 37.9 Å². The van der Waals surface area contributed by atoms with Crippen molar-refractivity contribution in [1.29, 1.82) is 0 Å². The number of rotatable bonds is 8. The normalized spacial score (nSPS) is 11.2. The van der Waals surface area contributed by atoms with Gasteiger partial charge in [0.15, 0.2) is 0 Å². The van der Waals surface area contributed by atoms with E-state index in [1.165, 1.54) is 5.56 Å². The maximum atomic E-state index is 12.8. The van der Waals surface area contributed by atoms with E-state index in [1.807, 2.05) is 72.7 Å². The molecule has 0 aliphatic heterocycles. The standard InChI is InChI=1S/C23H28N4O/c1-19(2)26(16-20-10-6-4-7-11-20)18-23(28)25(3)15-21-14-24-27(17-21)22-12-8-5-9-13-22/h4-14,17,19H,15-16,18H2,1-3H3. The van der Waals surface area contributed by atoms with E-state index in [4.69, 9.17) is 0 Å². The van der Waals surface area contributed by atoms with Gasteiger partial charge in [-0.25, -0.2) is 4.68 Å². The van der Waals surface area contributed by atoms with Crippen molar-refractivity contribution in [1.82, 2.24) is 19.6 Å². The van der Waals surface area contributed by atoms with Crippen molar-refractivity contribution < 1.29 is 4.79 Å². The number of carbonyl (C=O) groups excluding carboxylic acids is 1. The van der Waals surface area contributed by atoms with E-state index in [0.717, 1.165) is 17.8 Å². The van der Waals surface area contributed by atoms with Crippen LogP contribution in [-0.2, 0) is 17.9 Å². The van der Waals surface area contributed by atoms with Gasteiger partial charge in [-0.1, -0.05) is 48.5 Å². The number of nitrogens with zero attached hydrogens (tertiary/aromatic N) is 4. The molecule has 3 aromatic rings. The Labute approximate surface area is 167 Å². The third-order valence-electron chi connectivity index (χ3n) is 4.80. The van der Waals surface area contributed by atoms with Gasteiger partial charge in [0.1, 0.15) is 0 Å². The molecule has 0 aliphatic carbocycles. The van der Waals surface area contributed by atoms with Crippen molar-refractivity contribution in [2.45, 2.75) is 33.0 Å². The van der Waals surface area contributed by atoms with Crippen molar-refractivity contribution in [3.05, 3.63) is 84.2 Å². The lowest BCUT2D eigenvalue weighted by atomic mass is 10.2. The van der Waals surface area contributed by atoms with Gasteiger partial charge in [-0.2, -0.15) is 5.10 Å². The molecule has 1 heterocycles. The fourth-order valence-electron chi connectivity index (χ4n) is 3.06. The lowest BCUT2D eigenvalue weighted by Gasteiger charge is -2.28. The predicted octanol–water partition coefficient (Wildman–Crippen LogP) is 3.74. The van der Waals surface area contributed by atoms with Crippen molar-refractivity contribution in [2.75, 3.05) is 13.6 Å². The zero-order valence-corrected chi connectivity index (χ0v) is 16.8. The highest BCUT2D eigenvalue weighted by molar-refractivity contribution is 5.78. The summed E-state index contributed by atoms with van der Waals surface area (Å²) in [4.78, 5) is 16.8. The quantitative estimate of drug-likeness (QED) is 0.601. The van der Waals surface area contributed by atoms with E-state index in [0.29, 0.717) is 19.1 Å². The van der Waals surface area contributed by atoms with Crippen LogP contribution in [0, 0.1) is 0 Å². The zero-order valence-electron chi connectivity index (χ0n) is 16.8. The molecule has 146 valence electrons. The summed E-state index contributed by atoms with van der Waals surface area (Å²) in [5.41, 5.74) is 3.24. The highest BCUT2D eigenvalue weighted by Crippen LogP contribution is 2.11. The molecule has 0 fully saturated rings. The second-order valence-corrected chi connectivity index (χ2v) is 7.36. The highest BCUT2D eigenvalue weighted by Gasteiger charge is 2.18. The monoisotopic (exact) mass is 376 g/mol. The van der Waals surface area contributed by atoms with Gasteiger partial charge in [-0.15, -0.1) is 0 Å². The summed E-state index contributed by atoms with van der Waals surface area (Å²) in [6, 6.07) is 20.5. The maximum Gasteiger partial charge on any atom is 0.236 e. The Hall–Kier alpha value is -2.92. The number of benzene rings is 2. The number of para-hydroxylation sites is 1. The Balaban J connectivity index is 1.59. The molecule has 0 aliphatic rings.